The number of hydrogen-bond acceptors (Lipinski definition) is 4. The molecule has 0 aromatic heterocycles. The van der Waals surface area contributed by atoms with Crippen LogP contribution in [0.3, 0.4) is 0 Å². The van der Waals surface area contributed by atoms with Crippen molar-refractivity contribution in [3.63, 3.8) is 0 Å². The molecule has 0 bridgehead atoms. The van der Waals surface area contributed by atoms with E-state index < -0.39 is 42.0 Å². The van der Waals surface area contributed by atoms with E-state index in [0.717, 1.165) is 17.1 Å². The molecule has 1 saturated heterocycles. The average Bonchev–Trinajstić information content (AvgIpc) is 2.89. The largest absolute Gasteiger partial charge is 0.494 e. The van der Waals surface area contributed by atoms with Crippen molar-refractivity contribution in [3.05, 3.63) is 65.5 Å². The first-order valence-corrected chi connectivity index (χ1v) is 9.79. The van der Waals surface area contributed by atoms with Crippen LogP contribution in [0.5, 0.6) is 0 Å². The van der Waals surface area contributed by atoms with Crippen LogP contribution in [-0.4, -0.2) is 36.2 Å². The fraction of sp³-hybridized carbons (Fsp3) is 0.364. The first-order chi connectivity index (χ1) is 14.0. The van der Waals surface area contributed by atoms with Crippen LogP contribution in [0.25, 0.3) is 0 Å². The Labute approximate surface area is 176 Å². The predicted molar refractivity (Wildman–Crippen MR) is 113 cm³/mol. The standard InChI is InChI=1S/C22H26BFN2O4/c1-21(2)22(3,4)30-23(29-21)16-10-8-14(9-11-16)12-18(19(25)27)26-20(28)15-6-5-7-17(24)13-15/h5-11,13,18H,12H2,1-4H3,(H2,25,27)(H,26,28)/t18-/m1/s1. The molecule has 158 valence electrons. The van der Waals surface area contributed by atoms with Gasteiger partial charge in [-0.3, -0.25) is 9.59 Å². The van der Waals surface area contributed by atoms with Gasteiger partial charge in [0.15, 0.2) is 0 Å². The van der Waals surface area contributed by atoms with Gasteiger partial charge in [-0.25, -0.2) is 4.39 Å². The molecule has 1 fully saturated rings. The summed E-state index contributed by atoms with van der Waals surface area (Å²) >= 11 is 0. The number of nitrogens with two attached hydrogens (primary N) is 1. The molecule has 0 aliphatic carbocycles. The van der Waals surface area contributed by atoms with Crippen molar-refractivity contribution in [1.29, 1.82) is 0 Å². The molecule has 2 amide bonds. The minimum atomic E-state index is -0.927. The third-order valence-electron chi connectivity index (χ3n) is 5.68. The summed E-state index contributed by atoms with van der Waals surface area (Å²) in [5, 5.41) is 2.57. The van der Waals surface area contributed by atoms with Crippen molar-refractivity contribution in [2.75, 3.05) is 0 Å². The summed E-state index contributed by atoms with van der Waals surface area (Å²) in [7, 11) is -0.483. The number of carbonyl (C=O) groups is 2. The van der Waals surface area contributed by atoms with Gasteiger partial charge in [0.25, 0.3) is 5.91 Å². The normalized spacial score (nSPS) is 18.1. The maximum absolute atomic E-state index is 13.3. The highest BCUT2D eigenvalue weighted by Crippen LogP contribution is 2.36. The number of primary amides is 1. The molecule has 0 unspecified atom stereocenters. The Bertz CT molecular complexity index is 930. The van der Waals surface area contributed by atoms with Crippen LogP contribution in [0, 0.1) is 5.82 Å². The number of nitrogens with one attached hydrogen (secondary N) is 1. The molecule has 3 N–H and O–H groups in total. The summed E-state index contributed by atoms with van der Waals surface area (Å²) in [5.41, 5.74) is 6.38. The number of rotatable bonds is 6. The first-order valence-electron chi connectivity index (χ1n) is 9.79. The maximum atomic E-state index is 13.3. The third kappa shape index (κ3) is 4.71. The Kier molecular flexibility index (Phi) is 6.01. The Hall–Kier alpha value is -2.71. The zero-order chi connectivity index (χ0) is 22.1. The van der Waals surface area contributed by atoms with E-state index in [1.165, 1.54) is 18.2 Å². The minimum absolute atomic E-state index is 0.123. The lowest BCUT2D eigenvalue weighted by molar-refractivity contribution is -0.119. The Morgan fingerprint density at radius 3 is 2.20 bits per heavy atom. The lowest BCUT2D eigenvalue weighted by Crippen LogP contribution is -2.46. The summed E-state index contributed by atoms with van der Waals surface area (Å²) in [5.74, 6) is -1.77. The van der Waals surface area contributed by atoms with Gasteiger partial charge in [0.1, 0.15) is 11.9 Å². The summed E-state index contributed by atoms with van der Waals surface area (Å²) in [6.07, 6.45) is 0.208. The molecule has 1 aliphatic heterocycles. The minimum Gasteiger partial charge on any atom is -0.399 e. The third-order valence-corrected chi connectivity index (χ3v) is 5.68. The van der Waals surface area contributed by atoms with E-state index in [9.17, 15) is 14.0 Å². The summed E-state index contributed by atoms with van der Waals surface area (Å²) < 4.78 is 25.4. The van der Waals surface area contributed by atoms with Crippen LogP contribution >= 0.6 is 0 Å². The SMILES string of the molecule is CC1(C)OB(c2ccc(C[C@@H](NC(=O)c3cccc(F)c3)C(N)=O)cc2)OC1(C)C. The molecule has 0 saturated carbocycles. The highest BCUT2D eigenvalue weighted by Gasteiger charge is 2.51. The van der Waals surface area contributed by atoms with Crippen molar-refractivity contribution < 1.29 is 23.3 Å². The van der Waals surface area contributed by atoms with E-state index in [4.69, 9.17) is 15.0 Å². The first kappa shape index (κ1) is 22.0. The summed E-state index contributed by atoms with van der Waals surface area (Å²) in [4.78, 5) is 24.2. The summed E-state index contributed by atoms with van der Waals surface area (Å²) in [6, 6.07) is 11.7. The number of carbonyl (C=O) groups excluding carboxylic acids is 2. The molecule has 1 atom stereocenters. The Morgan fingerprint density at radius 2 is 1.67 bits per heavy atom. The number of halogens is 1. The van der Waals surface area contributed by atoms with Crippen molar-refractivity contribution >= 4 is 24.4 Å². The van der Waals surface area contributed by atoms with Crippen LogP contribution in [0.4, 0.5) is 4.39 Å². The molecule has 2 aromatic carbocycles. The highest BCUT2D eigenvalue weighted by molar-refractivity contribution is 6.62. The van der Waals surface area contributed by atoms with Gasteiger partial charge in [-0.1, -0.05) is 30.3 Å². The molecule has 6 nitrogen and oxygen atoms in total. The molecule has 0 radical (unpaired) electrons. The van der Waals surface area contributed by atoms with Crippen LogP contribution < -0.4 is 16.5 Å². The average molecular weight is 412 g/mol. The fourth-order valence-electron chi connectivity index (χ4n) is 3.12. The molecule has 2 aromatic rings. The number of hydrogen-bond donors (Lipinski definition) is 2. The number of amides is 2. The Morgan fingerprint density at radius 1 is 1.07 bits per heavy atom. The van der Waals surface area contributed by atoms with Gasteiger partial charge in [-0.05, 0) is 56.9 Å². The summed E-state index contributed by atoms with van der Waals surface area (Å²) in [6.45, 7) is 7.94. The van der Waals surface area contributed by atoms with E-state index in [-0.39, 0.29) is 12.0 Å². The van der Waals surface area contributed by atoms with E-state index in [1.807, 2.05) is 52.0 Å². The second-order valence-electron chi connectivity index (χ2n) is 8.47. The predicted octanol–water partition coefficient (Wildman–Crippen LogP) is 1.95. The van der Waals surface area contributed by atoms with Gasteiger partial charge >= 0.3 is 7.12 Å². The van der Waals surface area contributed by atoms with Gasteiger partial charge < -0.3 is 20.4 Å². The Balaban J connectivity index is 1.68. The molecule has 30 heavy (non-hydrogen) atoms. The second-order valence-corrected chi connectivity index (χ2v) is 8.47. The molecular formula is C22H26BFN2O4. The van der Waals surface area contributed by atoms with Gasteiger partial charge in [-0.15, -0.1) is 0 Å². The monoisotopic (exact) mass is 412 g/mol. The molecule has 1 aliphatic rings. The topological polar surface area (TPSA) is 90.6 Å². The molecule has 8 heteroatoms. The van der Waals surface area contributed by atoms with Gasteiger partial charge in [0.05, 0.1) is 11.2 Å². The molecule has 3 rings (SSSR count). The van der Waals surface area contributed by atoms with Crippen LogP contribution in [0.1, 0.15) is 43.6 Å². The molecule has 1 heterocycles. The van der Waals surface area contributed by atoms with Gasteiger partial charge in [0.2, 0.25) is 5.91 Å². The van der Waals surface area contributed by atoms with Gasteiger partial charge in [0, 0.05) is 12.0 Å². The smallest absolute Gasteiger partial charge is 0.399 e. The van der Waals surface area contributed by atoms with E-state index in [0.29, 0.717) is 0 Å². The van der Waals surface area contributed by atoms with Crippen LogP contribution in [0.2, 0.25) is 0 Å². The van der Waals surface area contributed by atoms with Crippen molar-refractivity contribution in [3.8, 4) is 0 Å². The molecular weight excluding hydrogens is 386 g/mol. The van der Waals surface area contributed by atoms with Crippen LogP contribution in [0.15, 0.2) is 48.5 Å². The number of benzene rings is 2. The quantitative estimate of drug-likeness (QED) is 0.710. The highest BCUT2D eigenvalue weighted by atomic mass is 19.1. The zero-order valence-electron chi connectivity index (χ0n) is 17.6. The molecule has 0 spiro atoms. The van der Waals surface area contributed by atoms with E-state index >= 15 is 0 Å². The zero-order valence-corrected chi connectivity index (χ0v) is 17.6. The van der Waals surface area contributed by atoms with Crippen LogP contribution in [-0.2, 0) is 20.5 Å². The fourth-order valence-corrected chi connectivity index (χ4v) is 3.12. The second kappa shape index (κ2) is 8.20. The van der Waals surface area contributed by atoms with Crippen molar-refractivity contribution in [2.24, 2.45) is 5.73 Å². The van der Waals surface area contributed by atoms with E-state index in [2.05, 4.69) is 5.32 Å². The lowest BCUT2D eigenvalue weighted by Gasteiger charge is -2.32. The van der Waals surface area contributed by atoms with Crippen molar-refractivity contribution in [1.82, 2.24) is 5.32 Å². The maximum Gasteiger partial charge on any atom is 0.494 e. The van der Waals surface area contributed by atoms with E-state index in [1.54, 1.807) is 0 Å². The van der Waals surface area contributed by atoms with Crippen molar-refractivity contribution in [2.45, 2.75) is 51.4 Å². The van der Waals surface area contributed by atoms with Gasteiger partial charge in [-0.2, -0.15) is 0 Å². The lowest BCUT2D eigenvalue weighted by atomic mass is 9.78.